The highest BCUT2D eigenvalue weighted by molar-refractivity contribution is 6.09. The Bertz CT molecular complexity index is 1150. The molecule has 1 aromatic heterocycles. The summed E-state index contributed by atoms with van der Waals surface area (Å²) in [6.45, 7) is 6.80. The molecule has 0 bridgehead atoms. The minimum Gasteiger partial charge on any atom is -0.459 e. The van der Waals surface area contributed by atoms with Gasteiger partial charge in [0.05, 0.1) is 0 Å². The summed E-state index contributed by atoms with van der Waals surface area (Å²) >= 11 is 0. The van der Waals surface area contributed by atoms with Gasteiger partial charge in [0.15, 0.2) is 5.78 Å². The Morgan fingerprint density at radius 2 is 1.79 bits per heavy atom. The van der Waals surface area contributed by atoms with Crippen LogP contribution >= 0.6 is 0 Å². The number of fused-ring (bicyclic) bond motifs is 1. The molecule has 2 aliphatic rings. The Hall–Kier alpha value is -3.16. The molecule has 0 spiro atoms. The van der Waals surface area contributed by atoms with Gasteiger partial charge >= 0.3 is 12.0 Å². The van der Waals surface area contributed by atoms with E-state index in [1.54, 1.807) is 37.6 Å². The van der Waals surface area contributed by atoms with E-state index in [1.807, 2.05) is 6.07 Å². The molecule has 4 rings (SSSR count). The van der Waals surface area contributed by atoms with Crippen LogP contribution in [0.3, 0.4) is 0 Å². The number of nitrogens with one attached hydrogen (secondary N) is 2. The molecule has 2 aliphatic carbocycles. The number of amides is 2. The summed E-state index contributed by atoms with van der Waals surface area (Å²) in [6, 6.07) is 3.41. The molecule has 0 unspecified atom stereocenters. The van der Waals surface area contributed by atoms with Crippen molar-refractivity contribution in [1.82, 2.24) is 9.88 Å². The van der Waals surface area contributed by atoms with Crippen molar-refractivity contribution in [2.45, 2.75) is 84.4 Å². The molecular formula is C26H33N3O5. The first-order valence-electron chi connectivity index (χ1n) is 12.0. The average Bonchev–Trinajstić information content (AvgIpc) is 3.62. The number of ketones is 2. The molecule has 1 heterocycles. The molecule has 2 saturated carbocycles. The van der Waals surface area contributed by atoms with Crippen LogP contribution in [0.4, 0.5) is 10.5 Å². The molecule has 0 atom stereocenters. The summed E-state index contributed by atoms with van der Waals surface area (Å²) in [5.74, 6) is 0.00597. The lowest BCUT2D eigenvalue weighted by molar-refractivity contribution is -0.155. The van der Waals surface area contributed by atoms with E-state index in [4.69, 9.17) is 4.74 Å². The van der Waals surface area contributed by atoms with Gasteiger partial charge < -0.3 is 19.9 Å². The SMILES string of the molecule is CC(=O)c1cn(CC(=O)OC(C)(C)C)c2cc(CC(=O)CC3CC3)c(NC(=O)NC3CC3)cc12. The molecule has 182 valence electrons. The Morgan fingerprint density at radius 1 is 1.09 bits per heavy atom. The summed E-state index contributed by atoms with van der Waals surface area (Å²) in [4.78, 5) is 50.1. The summed E-state index contributed by atoms with van der Waals surface area (Å²) in [5.41, 5.74) is 1.64. The predicted octanol–water partition coefficient (Wildman–Crippen LogP) is 4.38. The van der Waals surface area contributed by atoms with Crippen LogP contribution in [0, 0.1) is 5.92 Å². The maximum absolute atomic E-state index is 12.7. The van der Waals surface area contributed by atoms with E-state index in [2.05, 4.69) is 10.6 Å². The number of benzene rings is 1. The third-order valence-electron chi connectivity index (χ3n) is 5.97. The summed E-state index contributed by atoms with van der Waals surface area (Å²) in [7, 11) is 0. The van der Waals surface area contributed by atoms with E-state index < -0.39 is 11.6 Å². The first-order valence-corrected chi connectivity index (χ1v) is 12.0. The maximum Gasteiger partial charge on any atom is 0.326 e. The van der Waals surface area contributed by atoms with Crippen molar-refractivity contribution in [3.05, 3.63) is 29.5 Å². The van der Waals surface area contributed by atoms with Crippen molar-refractivity contribution in [3.63, 3.8) is 0 Å². The van der Waals surface area contributed by atoms with Gasteiger partial charge in [0, 0.05) is 47.2 Å². The minimum atomic E-state index is -0.629. The van der Waals surface area contributed by atoms with E-state index in [0.29, 0.717) is 40.1 Å². The van der Waals surface area contributed by atoms with Crippen LogP contribution in [0.1, 0.15) is 75.7 Å². The lowest BCUT2D eigenvalue weighted by Crippen LogP contribution is -2.30. The van der Waals surface area contributed by atoms with Crippen molar-refractivity contribution >= 4 is 40.2 Å². The van der Waals surface area contributed by atoms with Crippen LogP contribution < -0.4 is 10.6 Å². The van der Waals surface area contributed by atoms with Gasteiger partial charge in [-0.15, -0.1) is 0 Å². The second kappa shape index (κ2) is 9.24. The largest absolute Gasteiger partial charge is 0.459 e. The lowest BCUT2D eigenvalue weighted by Gasteiger charge is -2.20. The molecule has 2 fully saturated rings. The molecule has 2 N–H and O–H groups in total. The highest BCUT2D eigenvalue weighted by atomic mass is 16.6. The maximum atomic E-state index is 12.7. The lowest BCUT2D eigenvalue weighted by atomic mass is 10.00. The first-order chi connectivity index (χ1) is 16.0. The topological polar surface area (TPSA) is 106 Å². The van der Waals surface area contributed by atoms with Crippen molar-refractivity contribution in [3.8, 4) is 0 Å². The number of aromatic nitrogens is 1. The van der Waals surface area contributed by atoms with Crippen LogP contribution in [-0.4, -0.2) is 39.8 Å². The summed E-state index contributed by atoms with van der Waals surface area (Å²) in [5, 5.41) is 6.40. The predicted molar refractivity (Wildman–Crippen MR) is 129 cm³/mol. The van der Waals surface area contributed by atoms with E-state index in [0.717, 1.165) is 25.7 Å². The van der Waals surface area contributed by atoms with Crippen LogP contribution in [0.5, 0.6) is 0 Å². The van der Waals surface area contributed by atoms with Gasteiger partial charge in [-0.2, -0.15) is 0 Å². The van der Waals surface area contributed by atoms with Gasteiger partial charge in [-0.05, 0) is 77.0 Å². The zero-order valence-corrected chi connectivity index (χ0v) is 20.3. The molecule has 2 aromatic rings. The number of anilines is 1. The van der Waals surface area contributed by atoms with Gasteiger partial charge in [0.25, 0.3) is 0 Å². The highest BCUT2D eigenvalue weighted by Crippen LogP contribution is 2.34. The molecule has 0 aliphatic heterocycles. The number of carbonyl (C=O) groups excluding carboxylic acids is 4. The Morgan fingerprint density at radius 3 is 2.38 bits per heavy atom. The van der Waals surface area contributed by atoms with E-state index in [-0.39, 0.29) is 36.6 Å². The fourth-order valence-corrected chi connectivity index (χ4v) is 4.07. The molecule has 8 nitrogen and oxygen atoms in total. The van der Waals surface area contributed by atoms with Crippen molar-refractivity contribution in [2.24, 2.45) is 5.92 Å². The van der Waals surface area contributed by atoms with Crippen molar-refractivity contribution in [1.29, 1.82) is 0 Å². The van der Waals surface area contributed by atoms with Gasteiger partial charge in [-0.25, -0.2) is 4.79 Å². The number of esters is 1. The van der Waals surface area contributed by atoms with Gasteiger partial charge in [0.2, 0.25) is 0 Å². The molecule has 0 saturated heterocycles. The third kappa shape index (κ3) is 6.24. The van der Waals surface area contributed by atoms with E-state index >= 15 is 0 Å². The molecule has 2 amide bonds. The van der Waals surface area contributed by atoms with Gasteiger partial charge in [-0.3, -0.25) is 14.4 Å². The molecule has 34 heavy (non-hydrogen) atoms. The molecule has 0 radical (unpaired) electrons. The summed E-state index contributed by atoms with van der Waals surface area (Å²) in [6.07, 6.45) is 6.44. The number of Topliss-reactive ketones (excluding diaryl/α,β-unsaturated/α-hetero) is 2. The van der Waals surface area contributed by atoms with Crippen LogP contribution in [0.25, 0.3) is 10.9 Å². The zero-order valence-electron chi connectivity index (χ0n) is 20.3. The van der Waals surface area contributed by atoms with Crippen LogP contribution in [0.2, 0.25) is 0 Å². The number of urea groups is 1. The average molecular weight is 468 g/mol. The second-order valence-corrected chi connectivity index (χ2v) is 10.6. The number of hydrogen-bond acceptors (Lipinski definition) is 5. The Kier molecular flexibility index (Phi) is 6.51. The smallest absolute Gasteiger partial charge is 0.326 e. The number of nitrogens with zero attached hydrogens (tertiary/aromatic N) is 1. The Balaban J connectivity index is 1.70. The zero-order chi connectivity index (χ0) is 24.6. The van der Waals surface area contributed by atoms with E-state index in [1.165, 1.54) is 6.92 Å². The Labute approximate surface area is 199 Å². The number of hydrogen-bond donors (Lipinski definition) is 2. The third-order valence-corrected chi connectivity index (χ3v) is 5.97. The van der Waals surface area contributed by atoms with Gasteiger partial charge in [-0.1, -0.05) is 0 Å². The van der Waals surface area contributed by atoms with Crippen LogP contribution in [-0.2, 0) is 27.3 Å². The van der Waals surface area contributed by atoms with E-state index in [9.17, 15) is 19.2 Å². The van der Waals surface area contributed by atoms with Gasteiger partial charge in [0.1, 0.15) is 17.9 Å². The fraction of sp³-hybridized carbons (Fsp3) is 0.538. The minimum absolute atomic E-state index is 0.0640. The monoisotopic (exact) mass is 467 g/mol. The molecule has 1 aromatic carbocycles. The normalized spacial score (nSPS) is 15.8. The quantitative estimate of drug-likeness (QED) is 0.420. The molecular weight excluding hydrogens is 434 g/mol. The number of ether oxygens (including phenoxy) is 1. The van der Waals surface area contributed by atoms with Crippen molar-refractivity contribution < 1.29 is 23.9 Å². The number of rotatable bonds is 9. The van der Waals surface area contributed by atoms with Crippen LogP contribution in [0.15, 0.2) is 18.3 Å². The second-order valence-electron chi connectivity index (χ2n) is 10.6. The standard InChI is InChI=1S/C26H33N3O5/c1-15(30)21-13-29(14-24(32)34-26(2,3)4)23-11-17(10-19(31)9-16-5-6-16)22(12-20(21)23)28-25(33)27-18-7-8-18/h11-13,16,18H,5-10,14H2,1-4H3,(H2,27,28,33). The highest BCUT2D eigenvalue weighted by Gasteiger charge is 2.27. The first kappa shape index (κ1) is 24.0. The fourth-order valence-electron chi connectivity index (χ4n) is 4.07. The summed E-state index contributed by atoms with van der Waals surface area (Å²) < 4.78 is 7.14. The number of carbonyl (C=O) groups is 4. The van der Waals surface area contributed by atoms with Crippen molar-refractivity contribution in [2.75, 3.05) is 5.32 Å². The molecule has 8 heteroatoms.